The molecule has 1 unspecified atom stereocenters. The molecule has 2 rings (SSSR count). The third-order valence-electron chi connectivity index (χ3n) is 2.06. The maximum Gasteiger partial charge on any atom is 0.192 e. The van der Waals surface area contributed by atoms with Crippen LogP contribution in [-0.2, 0) is 10.8 Å². The molecule has 0 aliphatic carbocycles. The third kappa shape index (κ3) is 1.24. The molecule has 1 heterocycles. The Morgan fingerprint density at radius 3 is 2.86 bits per heavy atom. The summed E-state index contributed by atoms with van der Waals surface area (Å²) in [6.07, 6.45) is 0. The molecule has 0 aromatic heterocycles. The Bertz CT molecular complexity index is 404. The molecule has 76 valence electrons. The number of methoxy groups -OCH3 is 1. The number of fused-ring (bicyclic) bond motifs is 1. The van der Waals surface area contributed by atoms with Crippen molar-refractivity contribution in [3.05, 3.63) is 28.6 Å². The number of para-hydroxylation sites is 1. The first-order valence-electron chi connectivity index (χ1n) is 3.92. The van der Waals surface area contributed by atoms with Gasteiger partial charge in [-0.3, -0.25) is 0 Å². The summed E-state index contributed by atoms with van der Waals surface area (Å²) in [5, 5.41) is 22.8. The molecule has 14 heavy (non-hydrogen) atoms. The van der Waals surface area contributed by atoms with E-state index < -0.39 is 21.5 Å². The van der Waals surface area contributed by atoms with Crippen LogP contribution in [0.4, 0.5) is 5.69 Å². The first kappa shape index (κ1) is 9.60. The van der Waals surface area contributed by atoms with E-state index in [1.807, 2.05) is 0 Å². The summed E-state index contributed by atoms with van der Waals surface area (Å²) in [6.45, 7) is 0. The van der Waals surface area contributed by atoms with Crippen LogP contribution in [0.5, 0.6) is 5.75 Å². The van der Waals surface area contributed by atoms with Crippen molar-refractivity contribution >= 4 is 16.5 Å². The van der Waals surface area contributed by atoms with Crippen LogP contribution in [0.1, 0.15) is 0 Å². The van der Waals surface area contributed by atoms with Crippen LogP contribution in [-0.4, -0.2) is 17.2 Å². The van der Waals surface area contributed by atoms with Gasteiger partial charge in [-0.2, -0.15) is 0 Å². The molecule has 0 amide bonds. The van der Waals surface area contributed by atoms with Gasteiger partial charge in [0.2, 0.25) is 0 Å². The van der Waals surface area contributed by atoms with E-state index in [0.717, 1.165) is 0 Å². The number of benzene rings is 1. The van der Waals surface area contributed by atoms with Crippen LogP contribution in [0.15, 0.2) is 23.1 Å². The molecule has 0 spiro atoms. The zero-order chi connectivity index (χ0) is 10.3. The highest BCUT2D eigenvalue weighted by atomic mass is 32.2. The number of hydrogen-bond donors (Lipinski definition) is 0. The quantitative estimate of drug-likeness (QED) is 0.518. The zero-order valence-corrected chi connectivity index (χ0v) is 8.24. The number of hydroxylamine groups is 2. The monoisotopic (exact) mass is 214 g/mol. The van der Waals surface area contributed by atoms with Crippen molar-refractivity contribution in [2.75, 3.05) is 13.0 Å². The summed E-state index contributed by atoms with van der Waals surface area (Å²) in [4.78, 5) is -1.58. The Labute approximate surface area is 83.1 Å². The molecule has 1 aromatic rings. The van der Waals surface area contributed by atoms with Gasteiger partial charge in [0.1, 0.15) is 15.7 Å². The lowest BCUT2D eigenvalue weighted by molar-refractivity contribution is 0.402. The van der Waals surface area contributed by atoms with Gasteiger partial charge in [-0.05, 0) is 12.1 Å². The predicted octanol–water partition coefficient (Wildman–Crippen LogP) is 1.08. The minimum Gasteiger partial charge on any atom is -0.625 e. The molecule has 0 N–H and O–H groups in total. The minimum atomic E-state index is -1.87. The van der Waals surface area contributed by atoms with Crippen molar-refractivity contribution in [2.24, 2.45) is 0 Å². The molecule has 0 saturated carbocycles. The zero-order valence-electron chi connectivity index (χ0n) is 7.43. The summed E-state index contributed by atoms with van der Waals surface area (Å²) >= 11 is 0. The molecule has 1 aliphatic rings. The van der Waals surface area contributed by atoms with E-state index >= 15 is 0 Å². The fourth-order valence-electron chi connectivity index (χ4n) is 1.47. The van der Waals surface area contributed by atoms with Gasteiger partial charge in [-0.1, -0.05) is 6.07 Å². The maximum atomic E-state index is 11.4. The fraction of sp³-hybridized carbons (Fsp3) is 0.250. The molecular weight excluding hydrogens is 206 g/mol. The molecule has 0 radical (unpaired) electrons. The van der Waals surface area contributed by atoms with Gasteiger partial charge in [0.05, 0.1) is 7.11 Å². The molecular formula is C8H8NO4S-. The lowest BCUT2D eigenvalue weighted by Gasteiger charge is -2.41. The Morgan fingerprint density at radius 2 is 2.21 bits per heavy atom. The van der Waals surface area contributed by atoms with E-state index in [4.69, 9.17) is 4.74 Å². The number of nitrogens with zero attached hydrogens (tertiary/aromatic N) is 1. The van der Waals surface area contributed by atoms with Crippen LogP contribution < -0.4 is 9.55 Å². The van der Waals surface area contributed by atoms with Crippen LogP contribution in [0.25, 0.3) is 0 Å². The van der Waals surface area contributed by atoms with E-state index in [2.05, 4.69) is 0 Å². The van der Waals surface area contributed by atoms with Gasteiger partial charge in [-0.15, -0.1) is 0 Å². The topological polar surface area (TPSA) is 72.4 Å². The largest absolute Gasteiger partial charge is 0.625 e. The highest BCUT2D eigenvalue weighted by Crippen LogP contribution is 2.43. The predicted molar refractivity (Wildman–Crippen MR) is 52.8 cm³/mol. The van der Waals surface area contributed by atoms with Crippen LogP contribution in [0, 0.1) is 10.4 Å². The SMILES string of the molecule is COc1cccc2c1[N+]([O-])([O-])CS2=O. The van der Waals surface area contributed by atoms with E-state index in [-0.39, 0.29) is 16.3 Å². The van der Waals surface area contributed by atoms with E-state index in [1.165, 1.54) is 19.2 Å². The first-order valence-corrected chi connectivity index (χ1v) is 5.24. The maximum absolute atomic E-state index is 11.4. The van der Waals surface area contributed by atoms with Crippen LogP contribution in [0.2, 0.25) is 0 Å². The lowest BCUT2D eigenvalue weighted by atomic mass is 10.3. The van der Waals surface area contributed by atoms with Crippen molar-refractivity contribution in [1.29, 1.82) is 0 Å². The second-order valence-corrected chi connectivity index (χ2v) is 4.34. The van der Waals surface area contributed by atoms with Crippen LogP contribution >= 0.6 is 0 Å². The number of rotatable bonds is 1. The van der Waals surface area contributed by atoms with E-state index in [1.54, 1.807) is 6.07 Å². The Hall–Kier alpha value is -0.950. The Morgan fingerprint density at radius 1 is 1.50 bits per heavy atom. The summed E-state index contributed by atoms with van der Waals surface area (Å²) in [7, 11) is -0.140. The molecule has 1 aliphatic heterocycles. The molecule has 0 saturated heterocycles. The fourth-order valence-corrected chi connectivity index (χ4v) is 2.74. The highest BCUT2D eigenvalue weighted by molar-refractivity contribution is 7.85. The van der Waals surface area contributed by atoms with Gasteiger partial charge in [-0.25, -0.2) is 4.21 Å². The van der Waals surface area contributed by atoms with E-state index in [0.29, 0.717) is 0 Å². The molecule has 6 heteroatoms. The molecule has 5 nitrogen and oxygen atoms in total. The number of quaternary nitrogens is 1. The van der Waals surface area contributed by atoms with Crippen molar-refractivity contribution in [3.63, 3.8) is 0 Å². The average Bonchev–Trinajstić information content (AvgIpc) is 2.38. The second kappa shape index (κ2) is 3.03. The van der Waals surface area contributed by atoms with Crippen molar-refractivity contribution in [1.82, 2.24) is 4.81 Å². The van der Waals surface area contributed by atoms with Gasteiger partial charge >= 0.3 is 0 Å². The van der Waals surface area contributed by atoms with Gasteiger partial charge < -0.3 is 20.0 Å². The molecule has 0 bridgehead atoms. The van der Waals surface area contributed by atoms with Crippen molar-refractivity contribution in [3.8, 4) is 5.75 Å². The molecule has 1 atom stereocenters. The Kier molecular flexibility index (Phi) is 2.07. The summed E-state index contributed by atoms with van der Waals surface area (Å²) in [5.74, 6) is -0.270. The van der Waals surface area contributed by atoms with Crippen molar-refractivity contribution < 1.29 is 8.95 Å². The van der Waals surface area contributed by atoms with Gasteiger partial charge in [0, 0.05) is 0 Å². The highest BCUT2D eigenvalue weighted by Gasteiger charge is 2.33. The molecule has 1 aromatic carbocycles. The normalized spacial score (nSPS) is 23.2. The van der Waals surface area contributed by atoms with Gasteiger partial charge in [0.15, 0.2) is 17.3 Å². The molecule has 0 fully saturated rings. The minimum absolute atomic E-state index is 0.0617. The van der Waals surface area contributed by atoms with E-state index in [9.17, 15) is 14.6 Å². The standard InChI is InChI=1S/C8H8NO4S/c1-13-6-3-2-4-7-8(6)9(10,11)5-14(7)12/h2-4H,5H2,1H3/q-1. The second-order valence-electron chi connectivity index (χ2n) is 2.96. The smallest absolute Gasteiger partial charge is 0.192 e. The number of ether oxygens (including phenoxy) is 1. The van der Waals surface area contributed by atoms with Gasteiger partial charge in [0.25, 0.3) is 0 Å². The summed E-state index contributed by atoms with van der Waals surface area (Å²) in [5.41, 5.74) is -0.0617. The van der Waals surface area contributed by atoms with Crippen LogP contribution in [0.3, 0.4) is 0 Å². The van der Waals surface area contributed by atoms with Crippen molar-refractivity contribution in [2.45, 2.75) is 4.90 Å². The Balaban J connectivity index is 2.69. The first-order chi connectivity index (χ1) is 6.56. The summed E-state index contributed by atoms with van der Waals surface area (Å²) in [6, 6.07) is 4.65. The average molecular weight is 214 g/mol. The summed E-state index contributed by atoms with van der Waals surface area (Å²) < 4.78 is 16.3. The third-order valence-corrected chi connectivity index (χ3v) is 3.45. The lowest BCUT2D eigenvalue weighted by Crippen LogP contribution is -2.34. The number of hydrogen-bond acceptors (Lipinski definition) is 4.